The fourth-order valence-electron chi connectivity index (χ4n) is 0.954. The molecule has 1 aromatic rings. The lowest BCUT2D eigenvalue weighted by Gasteiger charge is -2.20. The van der Waals surface area contributed by atoms with E-state index in [2.05, 4.69) is 23.3 Å². The lowest BCUT2D eigenvalue weighted by atomic mass is 10.2. The van der Waals surface area contributed by atoms with E-state index in [-0.39, 0.29) is 6.29 Å². The topological polar surface area (TPSA) is 18.5 Å². The summed E-state index contributed by atoms with van der Waals surface area (Å²) in [5.74, 6) is 1.17. The molecule has 2 nitrogen and oxygen atoms in total. The van der Waals surface area contributed by atoms with Gasteiger partial charge in [-0.1, -0.05) is 32.0 Å². The molecule has 0 bridgehead atoms. The molecule has 0 aromatic heterocycles. The van der Waals surface area contributed by atoms with Crippen LogP contribution in [0.3, 0.4) is 0 Å². The summed E-state index contributed by atoms with van der Waals surface area (Å²) in [5.41, 5.74) is 0. The quantitative estimate of drug-likeness (QED) is 0.547. The third-order valence-electron chi connectivity index (χ3n) is 1.67. The first-order chi connectivity index (χ1) is 6.24. The van der Waals surface area contributed by atoms with Crippen LogP contribution in [-0.2, 0) is 4.52 Å². The van der Waals surface area contributed by atoms with Crippen molar-refractivity contribution in [2.45, 2.75) is 20.1 Å². The third kappa shape index (κ3) is 3.33. The van der Waals surface area contributed by atoms with Crippen molar-refractivity contribution in [3.8, 4) is 5.75 Å². The van der Waals surface area contributed by atoms with Crippen LogP contribution in [0, 0.1) is 5.92 Å². The fourth-order valence-corrected chi connectivity index (χ4v) is 1.32. The summed E-state index contributed by atoms with van der Waals surface area (Å²) in [7, 11) is 2.23. The highest BCUT2D eigenvalue weighted by atomic mass is 31.0. The van der Waals surface area contributed by atoms with Gasteiger partial charge in [-0.3, -0.25) is 0 Å². The van der Waals surface area contributed by atoms with E-state index in [9.17, 15) is 0 Å². The number of para-hydroxylation sites is 1. The lowest BCUT2D eigenvalue weighted by molar-refractivity contribution is -0.0160. The standard InChI is InChI=1S/C10H15O2P/c1-8(2)10(12-13)11-9-6-4-3-5-7-9/h3-8,10H,13H2,1-2H3. The Morgan fingerprint density at radius 3 is 2.23 bits per heavy atom. The van der Waals surface area contributed by atoms with Gasteiger partial charge in [-0.15, -0.1) is 0 Å². The SMILES string of the molecule is CC(C)C(OP)Oc1ccccc1. The highest BCUT2D eigenvalue weighted by Crippen LogP contribution is 2.17. The maximum atomic E-state index is 5.58. The second kappa shape index (κ2) is 5.21. The average molecular weight is 198 g/mol. The van der Waals surface area contributed by atoms with Crippen LogP contribution < -0.4 is 4.74 Å². The van der Waals surface area contributed by atoms with Crippen LogP contribution in [-0.4, -0.2) is 6.29 Å². The van der Waals surface area contributed by atoms with E-state index in [0.29, 0.717) is 5.92 Å². The predicted octanol–water partition coefficient (Wildman–Crippen LogP) is 2.85. The molecule has 0 spiro atoms. The molecule has 0 saturated carbocycles. The molecule has 0 radical (unpaired) electrons. The van der Waals surface area contributed by atoms with E-state index in [4.69, 9.17) is 9.26 Å². The van der Waals surface area contributed by atoms with Crippen molar-refractivity contribution in [3.63, 3.8) is 0 Å². The van der Waals surface area contributed by atoms with Crippen molar-refractivity contribution in [3.05, 3.63) is 30.3 Å². The van der Waals surface area contributed by atoms with E-state index >= 15 is 0 Å². The van der Waals surface area contributed by atoms with Gasteiger partial charge in [-0.25, -0.2) is 0 Å². The van der Waals surface area contributed by atoms with Crippen molar-refractivity contribution in [1.82, 2.24) is 0 Å². The summed E-state index contributed by atoms with van der Waals surface area (Å²) in [6, 6.07) is 9.67. The van der Waals surface area contributed by atoms with Gasteiger partial charge in [0.25, 0.3) is 0 Å². The van der Waals surface area contributed by atoms with Gasteiger partial charge in [0.2, 0.25) is 6.29 Å². The zero-order valence-corrected chi connectivity index (χ0v) is 9.09. The van der Waals surface area contributed by atoms with Gasteiger partial charge in [-0.2, -0.15) is 0 Å². The van der Waals surface area contributed by atoms with Crippen molar-refractivity contribution >= 4 is 9.47 Å². The van der Waals surface area contributed by atoms with Gasteiger partial charge in [0, 0.05) is 15.4 Å². The van der Waals surface area contributed by atoms with Crippen LogP contribution in [0.2, 0.25) is 0 Å². The molecular formula is C10H15O2P. The second-order valence-electron chi connectivity index (χ2n) is 3.18. The van der Waals surface area contributed by atoms with E-state index in [1.165, 1.54) is 0 Å². The normalized spacial score (nSPS) is 12.9. The zero-order valence-electron chi connectivity index (χ0n) is 7.94. The largest absolute Gasteiger partial charge is 0.464 e. The summed E-state index contributed by atoms with van der Waals surface area (Å²) >= 11 is 0. The molecule has 13 heavy (non-hydrogen) atoms. The number of rotatable bonds is 4. The highest BCUT2D eigenvalue weighted by Gasteiger charge is 2.13. The number of hydrogen-bond donors (Lipinski definition) is 0. The molecule has 1 rings (SSSR count). The van der Waals surface area contributed by atoms with E-state index < -0.39 is 0 Å². The van der Waals surface area contributed by atoms with Gasteiger partial charge >= 0.3 is 0 Å². The first kappa shape index (κ1) is 10.5. The molecule has 0 N–H and O–H groups in total. The van der Waals surface area contributed by atoms with Crippen LogP contribution >= 0.6 is 9.47 Å². The highest BCUT2D eigenvalue weighted by molar-refractivity contribution is 7.09. The van der Waals surface area contributed by atoms with Gasteiger partial charge in [0.05, 0.1) is 0 Å². The molecule has 0 aliphatic heterocycles. The molecule has 1 aromatic carbocycles. The Labute approximate surface area is 81.5 Å². The third-order valence-corrected chi connectivity index (χ3v) is 1.94. The number of benzene rings is 1. The van der Waals surface area contributed by atoms with Crippen molar-refractivity contribution in [2.75, 3.05) is 0 Å². The maximum absolute atomic E-state index is 5.58. The molecule has 0 aliphatic carbocycles. The average Bonchev–Trinajstić information content (AvgIpc) is 2.15. The molecule has 0 aliphatic rings. The minimum Gasteiger partial charge on any atom is -0.464 e. The number of hydrogen-bond acceptors (Lipinski definition) is 2. The monoisotopic (exact) mass is 198 g/mol. The van der Waals surface area contributed by atoms with Gasteiger partial charge in [-0.05, 0) is 12.1 Å². The Balaban J connectivity index is 2.57. The minimum absolute atomic E-state index is 0.201. The molecule has 3 heteroatoms. The van der Waals surface area contributed by atoms with Gasteiger partial charge in [0.15, 0.2) is 0 Å². The molecule has 0 fully saturated rings. The molecule has 0 saturated heterocycles. The van der Waals surface area contributed by atoms with Crippen LogP contribution in [0.4, 0.5) is 0 Å². The summed E-state index contributed by atoms with van der Waals surface area (Å²) in [4.78, 5) is 0. The Kier molecular flexibility index (Phi) is 4.20. The first-order valence-electron chi connectivity index (χ1n) is 4.31. The predicted molar refractivity (Wildman–Crippen MR) is 56.5 cm³/mol. The van der Waals surface area contributed by atoms with Crippen molar-refractivity contribution in [2.24, 2.45) is 5.92 Å². The molecule has 0 heterocycles. The molecule has 72 valence electrons. The Morgan fingerprint density at radius 1 is 1.15 bits per heavy atom. The van der Waals surface area contributed by atoms with Crippen LogP contribution in [0.1, 0.15) is 13.8 Å². The van der Waals surface area contributed by atoms with E-state index in [1.54, 1.807) is 0 Å². The summed E-state index contributed by atoms with van der Waals surface area (Å²) < 4.78 is 10.7. The maximum Gasteiger partial charge on any atom is 0.204 e. The van der Waals surface area contributed by atoms with Gasteiger partial charge < -0.3 is 9.26 Å². The first-order valence-corrected chi connectivity index (χ1v) is 4.78. The Hall–Kier alpha value is -0.590. The van der Waals surface area contributed by atoms with Gasteiger partial charge in [0.1, 0.15) is 5.75 Å². The lowest BCUT2D eigenvalue weighted by Crippen LogP contribution is -2.22. The summed E-state index contributed by atoms with van der Waals surface area (Å²) in [5, 5.41) is 0. The molecule has 2 unspecified atom stereocenters. The van der Waals surface area contributed by atoms with Crippen LogP contribution in [0.5, 0.6) is 5.75 Å². The van der Waals surface area contributed by atoms with E-state index in [0.717, 1.165) is 5.75 Å². The fraction of sp³-hybridized carbons (Fsp3) is 0.400. The Bertz CT molecular complexity index is 236. The van der Waals surface area contributed by atoms with Crippen LogP contribution in [0.15, 0.2) is 30.3 Å². The second-order valence-corrected chi connectivity index (χ2v) is 3.45. The smallest absolute Gasteiger partial charge is 0.204 e. The molecule has 2 atom stereocenters. The van der Waals surface area contributed by atoms with Crippen molar-refractivity contribution < 1.29 is 9.26 Å². The van der Waals surface area contributed by atoms with E-state index in [1.807, 2.05) is 30.3 Å². The zero-order chi connectivity index (χ0) is 9.68. The molecular weight excluding hydrogens is 183 g/mol. The summed E-state index contributed by atoms with van der Waals surface area (Å²) in [6.07, 6.45) is -0.201. The summed E-state index contributed by atoms with van der Waals surface area (Å²) in [6.45, 7) is 4.11. The van der Waals surface area contributed by atoms with Crippen molar-refractivity contribution in [1.29, 1.82) is 0 Å². The molecule has 0 amide bonds. The Morgan fingerprint density at radius 2 is 1.77 bits per heavy atom. The van der Waals surface area contributed by atoms with Crippen LogP contribution in [0.25, 0.3) is 0 Å². The minimum atomic E-state index is -0.201. The number of ether oxygens (including phenoxy) is 1.